The summed E-state index contributed by atoms with van der Waals surface area (Å²) in [7, 11) is 0. The molecule has 2 aliphatic rings. The maximum Gasteiger partial charge on any atom is 0.407 e. The number of carbonyl (C=O) groups excluding carboxylic acids is 2. The van der Waals surface area contributed by atoms with E-state index in [0.29, 0.717) is 62.1 Å². The van der Waals surface area contributed by atoms with E-state index in [9.17, 15) is 18.8 Å². The fraction of sp³-hybridized carbons (Fsp3) is 0.440. The largest absolute Gasteiger partial charge is 0.465 e. The maximum atomic E-state index is 13.4. The highest BCUT2D eigenvalue weighted by molar-refractivity contribution is 5.94. The van der Waals surface area contributed by atoms with Crippen molar-refractivity contribution in [3.8, 4) is 11.3 Å². The SMILES string of the molecule is C[C@@H]1CN(C(=O)O)CCN1C(=O)C1CCC(NC(=O)c2ccc(-c3cccc(F)c3)nc2)CC1. The zero-order valence-electron chi connectivity index (χ0n) is 19.1. The van der Waals surface area contributed by atoms with Crippen LogP contribution in [0.2, 0.25) is 0 Å². The van der Waals surface area contributed by atoms with Crippen molar-refractivity contribution in [1.29, 1.82) is 0 Å². The fourth-order valence-corrected chi connectivity index (χ4v) is 4.79. The van der Waals surface area contributed by atoms with Crippen LogP contribution in [-0.2, 0) is 4.79 Å². The first-order valence-electron chi connectivity index (χ1n) is 11.6. The second-order valence-electron chi connectivity index (χ2n) is 9.07. The third-order valence-electron chi connectivity index (χ3n) is 6.74. The summed E-state index contributed by atoms with van der Waals surface area (Å²) in [4.78, 5) is 44.3. The number of benzene rings is 1. The van der Waals surface area contributed by atoms with E-state index in [2.05, 4.69) is 10.3 Å². The molecule has 180 valence electrons. The number of piperazine rings is 1. The van der Waals surface area contributed by atoms with E-state index < -0.39 is 6.09 Å². The van der Waals surface area contributed by atoms with Crippen LogP contribution < -0.4 is 5.32 Å². The molecule has 2 heterocycles. The first kappa shape index (κ1) is 23.7. The number of nitrogens with one attached hydrogen (secondary N) is 1. The van der Waals surface area contributed by atoms with Crippen molar-refractivity contribution in [3.63, 3.8) is 0 Å². The number of aromatic nitrogens is 1. The van der Waals surface area contributed by atoms with Crippen LogP contribution in [0.5, 0.6) is 0 Å². The highest BCUT2D eigenvalue weighted by Gasteiger charge is 2.35. The topological polar surface area (TPSA) is 103 Å². The summed E-state index contributed by atoms with van der Waals surface area (Å²) in [5, 5.41) is 12.2. The molecule has 1 aliphatic heterocycles. The molecule has 9 heteroatoms. The van der Waals surface area contributed by atoms with Crippen LogP contribution in [0, 0.1) is 11.7 Å². The highest BCUT2D eigenvalue weighted by Crippen LogP contribution is 2.28. The van der Waals surface area contributed by atoms with Crippen molar-refractivity contribution >= 4 is 17.9 Å². The average Bonchev–Trinajstić information content (AvgIpc) is 2.84. The number of hydrogen-bond donors (Lipinski definition) is 2. The van der Waals surface area contributed by atoms with Gasteiger partial charge in [-0.25, -0.2) is 9.18 Å². The van der Waals surface area contributed by atoms with Gasteiger partial charge in [-0.15, -0.1) is 0 Å². The van der Waals surface area contributed by atoms with Gasteiger partial charge in [-0.3, -0.25) is 14.6 Å². The zero-order chi connectivity index (χ0) is 24.2. The molecule has 2 fully saturated rings. The zero-order valence-corrected chi connectivity index (χ0v) is 19.1. The first-order valence-corrected chi connectivity index (χ1v) is 11.6. The Bertz CT molecular complexity index is 1050. The molecule has 1 aliphatic carbocycles. The molecule has 2 aromatic rings. The number of rotatable bonds is 4. The third kappa shape index (κ3) is 5.35. The number of pyridine rings is 1. The molecule has 1 atom stereocenters. The van der Waals surface area contributed by atoms with Gasteiger partial charge >= 0.3 is 6.09 Å². The molecule has 0 unspecified atom stereocenters. The van der Waals surface area contributed by atoms with Crippen LogP contribution in [0.15, 0.2) is 42.6 Å². The van der Waals surface area contributed by atoms with Crippen LogP contribution >= 0.6 is 0 Å². The lowest BCUT2D eigenvalue weighted by molar-refractivity contribution is -0.141. The van der Waals surface area contributed by atoms with Gasteiger partial charge < -0.3 is 20.2 Å². The molecule has 2 N–H and O–H groups in total. The Morgan fingerprint density at radius 3 is 2.47 bits per heavy atom. The molecule has 34 heavy (non-hydrogen) atoms. The van der Waals surface area contributed by atoms with Crippen molar-refractivity contribution in [2.45, 2.75) is 44.7 Å². The molecule has 1 saturated heterocycles. The van der Waals surface area contributed by atoms with E-state index in [-0.39, 0.29) is 35.6 Å². The Hall–Kier alpha value is -3.49. The normalized spacial score (nSPS) is 22.8. The monoisotopic (exact) mass is 468 g/mol. The molecular formula is C25H29FN4O4. The average molecular weight is 469 g/mol. The van der Waals surface area contributed by atoms with Gasteiger partial charge in [-0.2, -0.15) is 0 Å². The standard InChI is InChI=1S/C25H29FN4O4/c1-16-15-29(25(33)34)11-12-30(16)24(32)17-5-8-21(9-6-17)28-23(31)19-7-10-22(27-14-19)18-3-2-4-20(26)13-18/h2-4,7,10,13-14,16-17,21H,5-6,8-9,11-12,15H2,1H3,(H,28,31)(H,33,34)/t16-,17?,21?/m1/s1. The molecule has 3 amide bonds. The van der Waals surface area contributed by atoms with Crippen molar-refractivity contribution < 1.29 is 23.9 Å². The molecule has 8 nitrogen and oxygen atoms in total. The van der Waals surface area contributed by atoms with Gasteiger partial charge in [0, 0.05) is 49.4 Å². The quantitative estimate of drug-likeness (QED) is 0.716. The van der Waals surface area contributed by atoms with Gasteiger partial charge in [0.15, 0.2) is 0 Å². The van der Waals surface area contributed by atoms with E-state index in [1.165, 1.54) is 23.2 Å². The van der Waals surface area contributed by atoms with Crippen LogP contribution in [-0.4, -0.2) is 69.5 Å². The smallest absolute Gasteiger partial charge is 0.407 e. The summed E-state index contributed by atoms with van der Waals surface area (Å²) < 4.78 is 13.4. The predicted molar refractivity (Wildman–Crippen MR) is 124 cm³/mol. The van der Waals surface area contributed by atoms with Crippen LogP contribution in [0.4, 0.5) is 9.18 Å². The van der Waals surface area contributed by atoms with Gasteiger partial charge in [0.1, 0.15) is 5.82 Å². The van der Waals surface area contributed by atoms with Crippen molar-refractivity contribution in [3.05, 3.63) is 54.0 Å². The number of amides is 3. The number of carbonyl (C=O) groups is 3. The predicted octanol–water partition coefficient (Wildman–Crippen LogP) is 3.39. The van der Waals surface area contributed by atoms with Crippen molar-refractivity contribution in [2.24, 2.45) is 5.92 Å². The summed E-state index contributed by atoms with van der Waals surface area (Å²) >= 11 is 0. The number of carboxylic acid groups (broad SMARTS) is 1. The van der Waals surface area contributed by atoms with Crippen molar-refractivity contribution in [1.82, 2.24) is 20.1 Å². The molecular weight excluding hydrogens is 439 g/mol. The van der Waals surface area contributed by atoms with E-state index in [4.69, 9.17) is 5.11 Å². The van der Waals surface area contributed by atoms with E-state index in [1.54, 1.807) is 29.2 Å². The number of halogens is 1. The van der Waals surface area contributed by atoms with Gasteiger partial charge in [-0.1, -0.05) is 12.1 Å². The minimum Gasteiger partial charge on any atom is -0.465 e. The van der Waals surface area contributed by atoms with Crippen LogP contribution in [0.3, 0.4) is 0 Å². The highest BCUT2D eigenvalue weighted by atomic mass is 19.1. The van der Waals surface area contributed by atoms with E-state index in [0.717, 1.165) is 0 Å². The summed E-state index contributed by atoms with van der Waals surface area (Å²) in [6, 6.07) is 9.36. The Balaban J connectivity index is 1.27. The Labute approximate surface area is 197 Å². The molecule has 1 aromatic heterocycles. The second-order valence-corrected chi connectivity index (χ2v) is 9.07. The molecule has 4 rings (SSSR count). The van der Waals surface area contributed by atoms with Crippen LogP contribution in [0.25, 0.3) is 11.3 Å². The molecule has 1 aromatic carbocycles. The molecule has 1 saturated carbocycles. The molecule has 0 radical (unpaired) electrons. The lowest BCUT2D eigenvalue weighted by atomic mass is 9.84. The number of hydrogen-bond acceptors (Lipinski definition) is 4. The van der Waals surface area contributed by atoms with E-state index in [1.807, 2.05) is 6.92 Å². The summed E-state index contributed by atoms with van der Waals surface area (Å²) in [6.07, 6.45) is 3.33. The summed E-state index contributed by atoms with van der Waals surface area (Å²) in [5.41, 5.74) is 1.67. The van der Waals surface area contributed by atoms with Gasteiger partial charge in [-0.05, 0) is 56.9 Å². The lowest BCUT2D eigenvalue weighted by Crippen LogP contribution is -2.56. The van der Waals surface area contributed by atoms with Gasteiger partial charge in [0.25, 0.3) is 5.91 Å². The Kier molecular flexibility index (Phi) is 7.09. The fourth-order valence-electron chi connectivity index (χ4n) is 4.79. The van der Waals surface area contributed by atoms with Crippen LogP contribution in [0.1, 0.15) is 43.0 Å². The third-order valence-corrected chi connectivity index (χ3v) is 6.74. The minimum atomic E-state index is -0.950. The first-order chi connectivity index (χ1) is 16.3. The Morgan fingerprint density at radius 2 is 1.85 bits per heavy atom. The van der Waals surface area contributed by atoms with Gasteiger partial charge in [0.05, 0.1) is 11.3 Å². The second kappa shape index (κ2) is 10.2. The summed E-state index contributed by atoms with van der Waals surface area (Å²) in [5.74, 6) is -0.572. The van der Waals surface area contributed by atoms with Crippen molar-refractivity contribution in [2.75, 3.05) is 19.6 Å². The van der Waals surface area contributed by atoms with Gasteiger partial charge in [0.2, 0.25) is 5.91 Å². The summed E-state index contributed by atoms with van der Waals surface area (Å²) in [6.45, 7) is 2.97. The maximum absolute atomic E-state index is 13.4. The number of nitrogens with zero attached hydrogens (tertiary/aromatic N) is 3. The Morgan fingerprint density at radius 1 is 1.09 bits per heavy atom. The molecule has 0 spiro atoms. The molecule has 0 bridgehead atoms. The van der Waals surface area contributed by atoms with E-state index >= 15 is 0 Å². The lowest BCUT2D eigenvalue weighted by Gasteiger charge is -2.41. The minimum absolute atomic E-state index is 0.0132.